The van der Waals surface area contributed by atoms with Gasteiger partial charge in [0.1, 0.15) is 18.1 Å². The van der Waals surface area contributed by atoms with Gasteiger partial charge in [-0.15, -0.1) is 0 Å². The van der Waals surface area contributed by atoms with Gasteiger partial charge in [0, 0.05) is 0 Å². The van der Waals surface area contributed by atoms with Crippen LogP contribution in [0.25, 0.3) is 0 Å². The zero-order valence-electron chi connectivity index (χ0n) is 6.09. The van der Waals surface area contributed by atoms with Gasteiger partial charge in [-0.1, -0.05) is 0 Å². The van der Waals surface area contributed by atoms with E-state index in [-0.39, 0.29) is 6.42 Å². The maximum absolute atomic E-state index is 10.2. The lowest BCUT2D eigenvalue weighted by molar-refractivity contribution is -0.136. The molecule has 0 aromatic carbocycles. The molecule has 0 aliphatic heterocycles. The van der Waals surface area contributed by atoms with Gasteiger partial charge in [0.2, 0.25) is 0 Å². The first-order chi connectivity index (χ1) is 5.09. The fourth-order valence-corrected chi connectivity index (χ4v) is 0.765. The monoisotopic (exact) mass is 155 g/mol. The average molecular weight is 155 g/mol. The summed E-state index contributed by atoms with van der Waals surface area (Å²) >= 11 is 0. The quantitative estimate of drug-likeness (QED) is 0.557. The molecule has 1 heterocycles. The second kappa shape index (κ2) is 2.61. The maximum Gasteiger partial charge on any atom is 0.311 e. The Balaban J connectivity index is 2.81. The zero-order chi connectivity index (χ0) is 8.43. The SMILES string of the molecule is Cc1[nH]c(CC(=O)O)nc1N. The summed E-state index contributed by atoms with van der Waals surface area (Å²) in [6.45, 7) is 1.74. The van der Waals surface area contributed by atoms with Gasteiger partial charge in [0.25, 0.3) is 0 Å². The van der Waals surface area contributed by atoms with E-state index in [2.05, 4.69) is 9.97 Å². The highest BCUT2D eigenvalue weighted by Crippen LogP contribution is 2.05. The summed E-state index contributed by atoms with van der Waals surface area (Å²) in [5, 5.41) is 8.37. The second-order valence-corrected chi connectivity index (χ2v) is 2.26. The first kappa shape index (κ1) is 7.59. The van der Waals surface area contributed by atoms with Crippen LogP contribution in [0.3, 0.4) is 0 Å². The van der Waals surface area contributed by atoms with Gasteiger partial charge in [-0.05, 0) is 6.92 Å². The van der Waals surface area contributed by atoms with Gasteiger partial charge < -0.3 is 15.8 Å². The minimum atomic E-state index is -0.918. The van der Waals surface area contributed by atoms with Crippen molar-refractivity contribution in [1.82, 2.24) is 9.97 Å². The van der Waals surface area contributed by atoms with Crippen molar-refractivity contribution >= 4 is 11.8 Å². The van der Waals surface area contributed by atoms with E-state index in [1.54, 1.807) is 6.92 Å². The third kappa shape index (κ3) is 1.70. The van der Waals surface area contributed by atoms with E-state index < -0.39 is 5.97 Å². The molecule has 0 bridgehead atoms. The topological polar surface area (TPSA) is 92.0 Å². The van der Waals surface area contributed by atoms with Crippen molar-refractivity contribution in [2.45, 2.75) is 13.3 Å². The largest absolute Gasteiger partial charge is 0.481 e. The lowest BCUT2D eigenvalue weighted by Crippen LogP contribution is -2.01. The minimum Gasteiger partial charge on any atom is -0.481 e. The summed E-state index contributed by atoms with van der Waals surface area (Å²) < 4.78 is 0. The molecule has 1 rings (SSSR count). The number of aliphatic carboxylic acids is 1. The van der Waals surface area contributed by atoms with Crippen LogP contribution in [0.2, 0.25) is 0 Å². The van der Waals surface area contributed by atoms with E-state index in [1.807, 2.05) is 0 Å². The predicted octanol–water partition coefficient (Wildman–Crippen LogP) is -0.0726. The Morgan fingerprint density at radius 1 is 1.82 bits per heavy atom. The number of carboxylic acids is 1. The molecule has 0 unspecified atom stereocenters. The van der Waals surface area contributed by atoms with E-state index >= 15 is 0 Å². The molecule has 0 amide bonds. The van der Waals surface area contributed by atoms with Crippen LogP contribution >= 0.6 is 0 Å². The fourth-order valence-electron chi connectivity index (χ4n) is 0.765. The van der Waals surface area contributed by atoms with Crippen molar-refractivity contribution in [3.05, 3.63) is 11.5 Å². The maximum atomic E-state index is 10.2. The first-order valence-corrected chi connectivity index (χ1v) is 3.12. The number of aryl methyl sites for hydroxylation is 1. The highest BCUT2D eigenvalue weighted by Gasteiger charge is 2.06. The molecular formula is C6H9N3O2. The Bertz CT molecular complexity index is 260. The number of aromatic nitrogens is 2. The third-order valence-electron chi connectivity index (χ3n) is 1.29. The van der Waals surface area contributed by atoms with Crippen molar-refractivity contribution in [2.75, 3.05) is 5.73 Å². The smallest absolute Gasteiger partial charge is 0.311 e. The molecule has 0 saturated heterocycles. The van der Waals surface area contributed by atoms with E-state index in [0.717, 1.165) is 0 Å². The molecule has 11 heavy (non-hydrogen) atoms. The normalized spacial score (nSPS) is 9.91. The van der Waals surface area contributed by atoms with Gasteiger partial charge in [0.15, 0.2) is 0 Å². The molecule has 0 fully saturated rings. The van der Waals surface area contributed by atoms with Gasteiger partial charge in [-0.3, -0.25) is 4.79 Å². The van der Waals surface area contributed by atoms with E-state index in [9.17, 15) is 4.79 Å². The molecule has 0 atom stereocenters. The second-order valence-electron chi connectivity index (χ2n) is 2.26. The number of hydrogen-bond donors (Lipinski definition) is 3. The van der Waals surface area contributed by atoms with Crippen LogP contribution in [-0.2, 0) is 11.2 Å². The van der Waals surface area contributed by atoms with Crippen LogP contribution in [0.1, 0.15) is 11.5 Å². The van der Waals surface area contributed by atoms with Crippen LogP contribution in [0.4, 0.5) is 5.82 Å². The molecule has 1 aromatic heterocycles. The number of imidazole rings is 1. The van der Waals surface area contributed by atoms with E-state index in [0.29, 0.717) is 17.3 Å². The molecule has 0 saturated carbocycles. The zero-order valence-corrected chi connectivity index (χ0v) is 6.09. The number of nitrogens with two attached hydrogens (primary N) is 1. The number of H-pyrrole nitrogens is 1. The molecule has 0 aliphatic rings. The summed E-state index contributed by atoms with van der Waals surface area (Å²) in [5.74, 6) is -0.160. The molecule has 1 aromatic rings. The lowest BCUT2D eigenvalue weighted by Gasteiger charge is -1.86. The molecule has 5 nitrogen and oxygen atoms in total. The van der Waals surface area contributed by atoms with Crippen LogP contribution in [0.15, 0.2) is 0 Å². The number of nitrogens with one attached hydrogen (secondary N) is 1. The average Bonchev–Trinajstić information content (AvgIpc) is 2.10. The molecule has 0 aliphatic carbocycles. The van der Waals surface area contributed by atoms with Gasteiger partial charge in [-0.2, -0.15) is 0 Å². The van der Waals surface area contributed by atoms with Gasteiger partial charge in [0.05, 0.1) is 5.69 Å². The van der Waals surface area contributed by atoms with E-state index in [4.69, 9.17) is 10.8 Å². The fraction of sp³-hybridized carbons (Fsp3) is 0.333. The van der Waals surface area contributed by atoms with Gasteiger partial charge in [-0.25, -0.2) is 4.98 Å². The summed E-state index contributed by atoms with van der Waals surface area (Å²) in [6.07, 6.45) is -0.113. The van der Waals surface area contributed by atoms with Crippen molar-refractivity contribution in [2.24, 2.45) is 0 Å². The Kier molecular flexibility index (Phi) is 1.80. The Morgan fingerprint density at radius 2 is 2.45 bits per heavy atom. The molecule has 0 radical (unpaired) electrons. The predicted molar refractivity (Wildman–Crippen MR) is 39.1 cm³/mol. The Morgan fingerprint density at radius 3 is 2.82 bits per heavy atom. The Hall–Kier alpha value is -1.52. The lowest BCUT2D eigenvalue weighted by atomic mass is 10.4. The summed E-state index contributed by atoms with van der Waals surface area (Å²) in [6, 6.07) is 0. The minimum absolute atomic E-state index is 0.113. The first-order valence-electron chi connectivity index (χ1n) is 3.12. The molecular weight excluding hydrogens is 146 g/mol. The van der Waals surface area contributed by atoms with Crippen LogP contribution in [-0.4, -0.2) is 21.0 Å². The number of carboxylic acid groups (broad SMARTS) is 1. The van der Waals surface area contributed by atoms with Crippen molar-refractivity contribution in [1.29, 1.82) is 0 Å². The number of hydrogen-bond acceptors (Lipinski definition) is 3. The summed E-state index contributed by atoms with van der Waals surface area (Å²) in [7, 11) is 0. The number of rotatable bonds is 2. The standard InChI is InChI=1S/C6H9N3O2/c1-3-6(7)9-4(8-3)2-5(10)11/h2,7H2,1H3,(H,8,9)(H,10,11). The number of nitrogen functional groups attached to an aromatic ring is 1. The number of anilines is 1. The van der Waals surface area contributed by atoms with Crippen molar-refractivity contribution in [3.63, 3.8) is 0 Å². The van der Waals surface area contributed by atoms with Crippen molar-refractivity contribution in [3.8, 4) is 0 Å². The van der Waals surface area contributed by atoms with Crippen LogP contribution in [0.5, 0.6) is 0 Å². The van der Waals surface area contributed by atoms with Crippen LogP contribution < -0.4 is 5.73 Å². The third-order valence-corrected chi connectivity index (χ3v) is 1.29. The van der Waals surface area contributed by atoms with Gasteiger partial charge >= 0.3 is 5.97 Å². The van der Waals surface area contributed by atoms with Crippen molar-refractivity contribution < 1.29 is 9.90 Å². The molecule has 60 valence electrons. The number of aromatic amines is 1. The summed E-state index contributed by atoms with van der Waals surface area (Å²) in [5.41, 5.74) is 6.09. The highest BCUT2D eigenvalue weighted by atomic mass is 16.4. The highest BCUT2D eigenvalue weighted by molar-refractivity contribution is 5.69. The van der Waals surface area contributed by atoms with Crippen LogP contribution in [0, 0.1) is 6.92 Å². The van der Waals surface area contributed by atoms with E-state index in [1.165, 1.54) is 0 Å². The number of carbonyl (C=O) groups is 1. The Labute approximate surface area is 63.3 Å². The number of nitrogens with zero attached hydrogens (tertiary/aromatic N) is 1. The summed E-state index contributed by atoms with van der Waals surface area (Å²) in [4.78, 5) is 16.7. The molecule has 0 spiro atoms. The molecule has 4 N–H and O–H groups in total. The molecule has 5 heteroatoms.